The topological polar surface area (TPSA) is 129 Å². The standard InChI is InChI=1S/C55H83N3O7/c1-34(2)46-41(59)31-55(44(60)33-56-32-35-10-12-36(13-11-35)57-24-18-37(19-25-57)58-26-28-64-29-27-58)23-22-53(8)38(47(46)55)14-15-43-52(7)20-17-45(51(5,6)42(52)16-21-54(43,53)9)65-49(63)40-30-39(48(61)62)50(40,3)4/h10-13,34,37-40,42-45,56,60H,14-33H2,1-9H3,(H,61,62)/t38-,39+,40-,42+,43-,44+,45+,52+,53-,54-,55+/m1/s1. The molecule has 0 bridgehead atoms. The summed E-state index contributed by atoms with van der Waals surface area (Å²) in [6.45, 7) is 27.7. The summed E-state index contributed by atoms with van der Waals surface area (Å²) in [5, 5.41) is 25.8. The van der Waals surface area contributed by atoms with Crippen LogP contribution < -0.4 is 10.2 Å². The summed E-state index contributed by atoms with van der Waals surface area (Å²) in [7, 11) is 0. The number of esters is 1. The van der Waals surface area contributed by atoms with E-state index in [0.29, 0.717) is 43.8 Å². The molecule has 5 saturated carbocycles. The molecule has 0 spiro atoms. The van der Waals surface area contributed by atoms with Crippen molar-refractivity contribution in [2.75, 3.05) is 50.8 Å². The molecule has 0 unspecified atom stereocenters. The lowest BCUT2D eigenvalue weighted by molar-refractivity contribution is -0.238. The van der Waals surface area contributed by atoms with Crippen molar-refractivity contribution in [2.45, 2.75) is 164 Å². The number of Topliss-reactive ketones (excluding diaryl/α,β-unsaturated/α-hetero) is 1. The number of aliphatic hydroxyl groups excluding tert-OH is 1. The van der Waals surface area contributed by atoms with Crippen molar-refractivity contribution >= 4 is 23.4 Å². The number of hydrogen-bond donors (Lipinski definition) is 3. The van der Waals surface area contributed by atoms with Gasteiger partial charge in [0.25, 0.3) is 0 Å². The van der Waals surface area contributed by atoms with Gasteiger partial charge in [0.15, 0.2) is 5.78 Å². The molecule has 0 aromatic heterocycles. The molecule has 9 rings (SSSR count). The van der Waals surface area contributed by atoms with Crippen LogP contribution in [-0.4, -0.2) is 97.0 Å². The second-order valence-corrected chi connectivity index (χ2v) is 24.8. The highest BCUT2D eigenvalue weighted by Crippen LogP contribution is 2.77. The molecule has 7 fully saturated rings. The average Bonchev–Trinajstić information content (AvgIpc) is 3.58. The van der Waals surface area contributed by atoms with Crippen molar-refractivity contribution < 1.29 is 34.1 Å². The summed E-state index contributed by atoms with van der Waals surface area (Å²) >= 11 is 0. The number of allylic oxidation sites excluding steroid dienone is 1. The lowest BCUT2D eigenvalue weighted by Crippen LogP contribution is -2.66. The van der Waals surface area contributed by atoms with Gasteiger partial charge in [-0.2, -0.15) is 0 Å². The number of fused-ring (bicyclic) bond motifs is 7. The van der Waals surface area contributed by atoms with Crippen molar-refractivity contribution in [1.29, 1.82) is 0 Å². The molecular weight excluding hydrogens is 815 g/mol. The van der Waals surface area contributed by atoms with Crippen LogP contribution in [0.15, 0.2) is 35.4 Å². The van der Waals surface area contributed by atoms with E-state index >= 15 is 0 Å². The minimum absolute atomic E-state index is 0.00982. The lowest BCUT2D eigenvalue weighted by Gasteiger charge is -2.72. The summed E-state index contributed by atoms with van der Waals surface area (Å²) in [5.41, 5.74) is 3.60. The number of anilines is 1. The third-order valence-corrected chi connectivity index (χ3v) is 21.2. The smallest absolute Gasteiger partial charge is 0.309 e. The normalized spacial score (nSPS) is 39.7. The molecule has 1 aromatic carbocycles. The van der Waals surface area contributed by atoms with Crippen LogP contribution in [0.3, 0.4) is 0 Å². The van der Waals surface area contributed by atoms with Crippen LogP contribution in [0.2, 0.25) is 0 Å². The van der Waals surface area contributed by atoms with Gasteiger partial charge >= 0.3 is 11.9 Å². The van der Waals surface area contributed by atoms with Crippen LogP contribution in [0.5, 0.6) is 0 Å². The Hall–Kier alpha value is -2.79. The molecule has 0 radical (unpaired) electrons. The number of morpholine rings is 1. The Morgan fingerprint density at radius 3 is 2.15 bits per heavy atom. The van der Waals surface area contributed by atoms with Gasteiger partial charge in [0.1, 0.15) is 6.10 Å². The van der Waals surface area contributed by atoms with Crippen LogP contribution in [0, 0.1) is 68.0 Å². The molecule has 0 amide bonds. The van der Waals surface area contributed by atoms with E-state index in [4.69, 9.17) is 9.47 Å². The second-order valence-electron chi connectivity index (χ2n) is 24.8. The van der Waals surface area contributed by atoms with E-state index in [2.05, 4.69) is 87.8 Å². The number of piperidine rings is 1. The molecule has 11 atom stereocenters. The first-order valence-electron chi connectivity index (χ1n) is 25.9. The lowest BCUT2D eigenvalue weighted by atomic mass is 9.33. The average molecular weight is 898 g/mol. The number of carbonyl (C=O) groups excluding carboxylic acids is 2. The number of nitrogens with one attached hydrogen (secondary N) is 1. The van der Waals surface area contributed by atoms with Gasteiger partial charge in [-0.3, -0.25) is 19.3 Å². The highest BCUT2D eigenvalue weighted by Gasteiger charge is 2.71. The number of carbonyl (C=O) groups is 3. The van der Waals surface area contributed by atoms with E-state index in [1.165, 1.54) is 29.7 Å². The third kappa shape index (κ3) is 7.49. The first-order valence-corrected chi connectivity index (χ1v) is 25.9. The zero-order valence-electron chi connectivity index (χ0n) is 41.5. The van der Waals surface area contributed by atoms with Gasteiger partial charge in [0.05, 0.1) is 31.2 Å². The Labute approximate surface area is 390 Å². The highest BCUT2D eigenvalue weighted by molar-refractivity contribution is 6.00. The predicted octanol–water partition coefficient (Wildman–Crippen LogP) is 9.08. The number of hydrogen-bond acceptors (Lipinski definition) is 9. The third-order valence-electron chi connectivity index (χ3n) is 21.2. The quantitative estimate of drug-likeness (QED) is 0.185. The van der Waals surface area contributed by atoms with Gasteiger partial charge < -0.3 is 29.9 Å². The summed E-state index contributed by atoms with van der Waals surface area (Å²) in [6, 6.07) is 9.65. The molecule has 2 aliphatic heterocycles. The highest BCUT2D eigenvalue weighted by atomic mass is 16.5. The zero-order chi connectivity index (χ0) is 46.5. The van der Waals surface area contributed by atoms with Gasteiger partial charge in [-0.15, -0.1) is 0 Å². The fraction of sp³-hybridized carbons (Fsp3) is 0.800. The molecule has 10 heteroatoms. The van der Waals surface area contributed by atoms with E-state index in [-0.39, 0.29) is 57.3 Å². The van der Waals surface area contributed by atoms with E-state index < -0.39 is 28.8 Å². The van der Waals surface area contributed by atoms with E-state index in [9.17, 15) is 24.6 Å². The van der Waals surface area contributed by atoms with E-state index in [0.717, 1.165) is 96.3 Å². The summed E-state index contributed by atoms with van der Waals surface area (Å²) < 4.78 is 12.0. The second kappa shape index (κ2) is 17.0. The van der Waals surface area contributed by atoms with Gasteiger partial charge in [-0.1, -0.05) is 80.0 Å². The van der Waals surface area contributed by atoms with E-state index in [1.54, 1.807) is 0 Å². The molecule has 65 heavy (non-hydrogen) atoms. The summed E-state index contributed by atoms with van der Waals surface area (Å²) in [4.78, 5) is 45.0. The van der Waals surface area contributed by atoms with Crippen molar-refractivity contribution in [3.8, 4) is 0 Å². The maximum absolute atomic E-state index is 14.3. The van der Waals surface area contributed by atoms with Crippen molar-refractivity contribution in [2.24, 2.45) is 68.0 Å². The number of nitrogens with zero attached hydrogens (tertiary/aromatic N) is 2. The number of ketones is 1. The molecule has 2 heterocycles. The maximum atomic E-state index is 14.3. The van der Waals surface area contributed by atoms with Crippen LogP contribution in [-0.2, 0) is 30.4 Å². The predicted molar refractivity (Wildman–Crippen MR) is 254 cm³/mol. The fourth-order valence-electron chi connectivity index (χ4n) is 17.0. The van der Waals surface area contributed by atoms with E-state index in [1.807, 2.05) is 13.8 Å². The Balaban J connectivity index is 0.869. The Morgan fingerprint density at radius 2 is 1.51 bits per heavy atom. The Bertz CT molecular complexity index is 2020. The maximum Gasteiger partial charge on any atom is 0.309 e. The number of rotatable bonds is 11. The molecule has 6 aliphatic carbocycles. The summed E-state index contributed by atoms with van der Waals surface area (Å²) in [6.07, 6.45) is 10.3. The largest absolute Gasteiger partial charge is 0.481 e. The van der Waals surface area contributed by atoms with Crippen LogP contribution in [0.1, 0.15) is 145 Å². The van der Waals surface area contributed by atoms with Gasteiger partial charge in [0, 0.05) is 68.2 Å². The summed E-state index contributed by atoms with van der Waals surface area (Å²) in [5.74, 6) is -0.413. The minimum atomic E-state index is -0.826. The van der Waals surface area contributed by atoms with Crippen molar-refractivity contribution in [3.05, 3.63) is 41.0 Å². The number of ether oxygens (including phenoxy) is 2. The molecule has 2 saturated heterocycles. The first kappa shape index (κ1) is 47.3. The molecular formula is C55H83N3O7. The van der Waals surface area contributed by atoms with Gasteiger partial charge in [-0.25, -0.2) is 0 Å². The molecule has 10 nitrogen and oxygen atoms in total. The Kier molecular flexibility index (Phi) is 12.4. The number of carboxylic acid groups (broad SMARTS) is 1. The van der Waals surface area contributed by atoms with Gasteiger partial charge in [0.2, 0.25) is 0 Å². The number of aliphatic carboxylic acids is 1. The molecule has 8 aliphatic rings. The number of benzene rings is 1. The number of carboxylic acids is 1. The van der Waals surface area contributed by atoms with Gasteiger partial charge in [-0.05, 0) is 139 Å². The van der Waals surface area contributed by atoms with Crippen molar-refractivity contribution in [3.63, 3.8) is 0 Å². The van der Waals surface area contributed by atoms with Crippen LogP contribution >= 0.6 is 0 Å². The molecule has 360 valence electrons. The monoisotopic (exact) mass is 898 g/mol. The molecule has 1 aromatic rings. The molecule has 3 N–H and O–H groups in total. The SMILES string of the molecule is CC(C)C1=C2[C@H]3CC[C@@H]4[C@@]5(C)CC[C@H](OC(=O)[C@H]6C[C@@H](C(=O)O)C6(C)C)C(C)(C)[C@@H]5CC[C@@]4(C)[C@]3(C)CC[C@@]2([C@@H](O)CNCc2ccc(N3CCC(N4CCOCC4)CC3)cc2)CC1=O. The minimum Gasteiger partial charge on any atom is -0.481 e. The van der Waals surface area contributed by atoms with Crippen LogP contribution in [0.4, 0.5) is 5.69 Å². The first-order chi connectivity index (χ1) is 30.7. The number of aliphatic hydroxyl groups is 1. The van der Waals surface area contributed by atoms with Crippen LogP contribution in [0.25, 0.3) is 0 Å². The fourth-order valence-corrected chi connectivity index (χ4v) is 17.0. The van der Waals surface area contributed by atoms with Crippen molar-refractivity contribution in [1.82, 2.24) is 10.2 Å². The Morgan fingerprint density at radius 1 is 0.815 bits per heavy atom. The zero-order valence-corrected chi connectivity index (χ0v) is 41.5.